The number of carboxylic acids is 1. The first-order valence-corrected chi connectivity index (χ1v) is 12.7. The minimum Gasteiger partial charge on any atom is -0.478 e. The Morgan fingerprint density at radius 1 is 0.976 bits per heavy atom. The van der Waals surface area contributed by atoms with Crippen LogP contribution in [0.4, 0.5) is 13.2 Å². The summed E-state index contributed by atoms with van der Waals surface area (Å²) < 4.78 is 56.5. The number of methoxy groups -OCH3 is 1. The van der Waals surface area contributed by atoms with Crippen molar-refractivity contribution >= 4 is 17.0 Å². The summed E-state index contributed by atoms with van der Waals surface area (Å²) in [7, 11) is 1.54. The third-order valence-electron chi connectivity index (χ3n) is 6.61. The van der Waals surface area contributed by atoms with E-state index in [-0.39, 0.29) is 41.3 Å². The first-order chi connectivity index (χ1) is 20.2. The van der Waals surface area contributed by atoms with E-state index in [2.05, 4.69) is 9.97 Å². The molecule has 1 N–H and O–H groups in total. The monoisotopic (exact) mass is 572 g/mol. The SMILES string of the molecule is COCCn1c(Cc2ccc(-c3cc(F)cc(OCc4ccc(C#N)cc4F)n3)cc2F)nc2ccc(C(=O)O)cc21. The van der Waals surface area contributed by atoms with Crippen molar-refractivity contribution in [3.63, 3.8) is 0 Å². The van der Waals surface area contributed by atoms with E-state index in [1.54, 1.807) is 29.9 Å². The predicted molar refractivity (Wildman–Crippen MR) is 146 cm³/mol. The van der Waals surface area contributed by atoms with Crippen molar-refractivity contribution in [2.24, 2.45) is 0 Å². The largest absolute Gasteiger partial charge is 0.478 e. The average molecular weight is 573 g/mol. The molecule has 0 atom stereocenters. The van der Waals surface area contributed by atoms with E-state index in [0.29, 0.717) is 41.1 Å². The van der Waals surface area contributed by atoms with E-state index < -0.39 is 23.4 Å². The fourth-order valence-electron chi connectivity index (χ4n) is 4.47. The molecule has 0 radical (unpaired) electrons. The number of fused-ring (bicyclic) bond motifs is 1. The standard InChI is InChI=1S/C31H23F3N4O4/c1-41-9-8-38-28-12-21(31(39)40)6-7-26(28)36-29(38)13-19-4-5-20(11-25(19)34)27-14-23(32)15-30(37-27)42-17-22-3-2-18(16-35)10-24(22)33/h2-7,10-12,14-15H,8-9,13,17H2,1H3,(H,39,40). The van der Waals surface area contributed by atoms with Crippen molar-refractivity contribution in [2.75, 3.05) is 13.7 Å². The van der Waals surface area contributed by atoms with Crippen LogP contribution in [-0.2, 0) is 24.3 Å². The zero-order valence-electron chi connectivity index (χ0n) is 22.3. The van der Waals surface area contributed by atoms with Crippen molar-refractivity contribution in [1.29, 1.82) is 5.26 Å². The fraction of sp³-hybridized carbons (Fsp3) is 0.161. The number of imidazole rings is 1. The normalized spacial score (nSPS) is 11.0. The molecule has 5 aromatic rings. The van der Waals surface area contributed by atoms with Gasteiger partial charge in [-0.3, -0.25) is 0 Å². The van der Waals surface area contributed by atoms with Crippen LogP contribution in [-0.4, -0.2) is 39.3 Å². The molecule has 2 heterocycles. The number of ether oxygens (including phenoxy) is 2. The van der Waals surface area contributed by atoms with Crippen LogP contribution >= 0.6 is 0 Å². The maximum absolute atomic E-state index is 15.4. The van der Waals surface area contributed by atoms with Gasteiger partial charge in [0, 0.05) is 43.3 Å². The number of nitriles is 1. The van der Waals surface area contributed by atoms with Crippen LogP contribution in [0.5, 0.6) is 5.88 Å². The lowest BCUT2D eigenvalue weighted by Crippen LogP contribution is -2.10. The molecule has 0 amide bonds. The molecule has 42 heavy (non-hydrogen) atoms. The van der Waals surface area contributed by atoms with E-state index in [1.165, 1.54) is 30.3 Å². The van der Waals surface area contributed by atoms with E-state index in [4.69, 9.17) is 14.7 Å². The number of benzene rings is 3. The van der Waals surface area contributed by atoms with Gasteiger partial charge >= 0.3 is 5.97 Å². The summed E-state index contributed by atoms with van der Waals surface area (Å²) in [5.41, 5.74) is 2.32. The lowest BCUT2D eigenvalue weighted by Gasteiger charge is -2.11. The number of aromatic carboxylic acids is 1. The summed E-state index contributed by atoms with van der Waals surface area (Å²) in [6.45, 7) is 0.469. The van der Waals surface area contributed by atoms with Crippen LogP contribution in [0.25, 0.3) is 22.3 Å². The molecule has 0 aliphatic heterocycles. The fourth-order valence-corrected chi connectivity index (χ4v) is 4.47. The maximum atomic E-state index is 15.4. The lowest BCUT2D eigenvalue weighted by molar-refractivity contribution is 0.0697. The number of rotatable bonds is 10. The quantitative estimate of drug-likeness (QED) is 0.222. The number of halogens is 3. The number of carboxylic acid groups (broad SMARTS) is 1. The number of hydrogen-bond donors (Lipinski definition) is 1. The van der Waals surface area contributed by atoms with Gasteiger partial charge in [-0.1, -0.05) is 18.2 Å². The van der Waals surface area contributed by atoms with Crippen LogP contribution in [0.15, 0.2) is 66.7 Å². The third-order valence-corrected chi connectivity index (χ3v) is 6.61. The van der Waals surface area contributed by atoms with Gasteiger partial charge in [-0.05, 0) is 42.0 Å². The van der Waals surface area contributed by atoms with Gasteiger partial charge in [-0.15, -0.1) is 0 Å². The Morgan fingerprint density at radius 3 is 2.48 bits per heavy atom. The summed E-state index contributed by atoms with van der Waals surface area (Å²) in [6.07, 6.45) is 0.105. The zero-order chi connectivity index (χ0) is 29.8. The van der Waals surface area contributed by atoms with Crippen LogP contribution in [0, 0.1) is 28.8 Å². The molecule has 0 unspecified atom stereocenters. The lowest BCUT2D eigenvalue weighted by atomic mass is 10.1. The summed E-state index contributed by atoms with van der Waals surface area (Å²) in [4.78, 5) is 20.3. The molecule has 0 bridgehead atoms. The Balaban J connectivity index is 1.39. The van der Waals surface area contributed by atoms with Crippen molar-refractivity contribution in [2.45, 2.75) is 19.6 Å². The van der Waals surface area contributed by atoms with Gasteiger partial charge in [0.1, 0.15) is 29.9 Å². The number of nitrogens with zero attached hydrogens (tertiary/aromatic N) is 4. The summed E-state index contributed by atoms with van der Waals surface area (Å²) in [6, 6.07) is 16.9. The molecule has 2 aromatic heterocycles. The minimum absolute atomic E-state index is 0.105. The second-order valence-corrected chi connectivity index (χ2v) is 9.38. The van der Waals surface area contributed by atoms with E-state index in [1.807, 2.05) is 6.07 Å². The molecule has 3 aromatic carbocycles. The molecule has 0 saturated carbocycles. The van der Waals surface area contributed by atoms with Gasteiger partial charge in [-0.2, -0.15) is 5.26 Å². The topological polar surface area (TPSA) is 110 Å². The highest BCUT2D eigenvalue weighted by Crippen LogP contribution is 2.27. The number of hydrogen-bond acceptors (Lipinski definition) is 6. The second-order valence-electron chi connectivity index (χ2n) is 9.38. The Bertz CT molecular complexity index is 1850. The smallest absolute Gasteiger partial charge is 0.335 e. The van der Waals surface area contributed by atoms with Crippen LogP contribution in [0.1, 0.15) is 32.9 Å². The molecule has 0 aliphatic carbocycles. The van der Waals surface area contributed by atoms with E-state index in [9.17, 15) is 18.7 Å². The number of pyridine rings is 1. The van der Waals surface area contributed by atoms with E-state index >= 15 is 4.39 Å². The number of aromatic nitrogens is 3. The van der Waals surface area contributed by atoms with Crippen molar-refractivity contribution < 1.29 is 32.5 Å². The van der Waals surface area contributed by atoms with Crippen molar-refractivity contribution in [1.82, 2.24) is 14.5 Å². The Hall–Kier alpha value is -5.21. The first-order valence-electron chi connectivity index (χ1n) is 12.7. The third kappa shape index (κ3) is 6.09. The van der Waals surface area contributed by atoms with Gasteiger partial charge in [0.2, 0.25) is 5.88 Å². The van der Waals surface area contributed by atoms with Crippen LogP contribution < -0.4 is 4.74 Å². The molecule has 5 rings (SSSR count). The van der Waals surface area contributed by atoms with Gasteiger partial charge in [-0.25, -0.2) is 27.9 Å². The maximum Gasteiger partial charge on any atom is 0.335 e. The highest BCUT2D eigenvalue weighted by atomic mass is 19.1. The Labute approximate surface area is 238 Å². The molecular weight excluding hydrogens is 549 g/mol. The average Bonchev–Trinajstić information content (AvgIpc) is 3.32. The van der Waals surface area contributed by atoms with Crippen LogP contribution in [0.2, 0.25) is 0 Å². The molecule has 0 aliphatic rings. The van der Waals surface area contributed by atoms with Crippen molar-refractivity contribution in [3.05, 3.63) is 112 Å². The highest BCUT2D eigenvalue weighted by Gasteiger charge is 2.17. The number of carbonyl (C=O) groups is 1. The summed E-state index contributed by atoms with van der Waals surface area (Å²) in [5.74, 6) is -2.55. The van der Waals surface area contributed by atoms with Crippen LogP contribution in [0.3, 0.4) is 0 Å². The van der Waals surface area contributed by atoms with E-state index in [0.717, 1.165) is 18.2 Å². The summed E-state index contributed by atoms with van der Waals surface area (Å²) >= 11 is 0. The van der Waals surface area contributed by atoms with Gasteiger partial charge in [0.25, 0.3) is 0 Å². The van der Waals surface area contributed by atoms with Crippen molar-refractivity contribution in [3.8, 4) is 23.2 Å². The molecular formula is C31H23F3N4O4. The summed E-state index contributed by atoms with van der Waals surface area (Å²) in [5, 5.41) is 18.3. The minimum atomic E-state index is -1.07. The van der Waals surface area contributed by atoms with Gasteiger partial charge < -0.3 is 19.1 Å². The Kier molecular flexibility index (Phi) is 8.17. The molecule has 8 nitrogen and oxygen atoms in total. The van der Waals surface area contributed by atoms with Gasteiger partial charge in [0.15, 0.2) is 0 Å². The Morgan fingerprint density at radius 2 is 1.76 bits per heavy atom. The zero-order valence-corrected chi connectivity index (χ0v) is 22.3. The first kappa shape index (κ1) is 28.3. The molecule has 212 valence electrons. The molecule has 0 saturated heterocycles. The molecule has 0 fully saturated rings. The highest BCUT2D eigenvalue weighted by molar-refractivity contribution is 5.92. The molecule has 11 heteroatoms. The predicted octanol–water partition coefficient (Wildman–Crippen LogP) is 5.90. The molecule has 0 spiro atoms. The van der Waals surface area contributed by atoms with Gasteiger partial charge in [0.05, 0.1) is 40.5 Å². The second kappa shape index (κ2) is 12.1.